The van der Waals surface area contributed by atoms with Crippen LogP contribution in [0.1, 0.15) is 48.3 Å². The van der Waals surface area contributed by atoms with Crippen LogP contribution in [0.5, 0.6) is 0 Å². The van der Waals surface area contributed by atoms with E-state index in [9.17, 15) is 0 Å². The van der Waals surface area contributed by atoms with Gasteiger partial charge in [-0.05, 0) is 62.8 Å². The number of anilines is 2. The molecule has 0 spiro atoms. The maximum Gasteiger partial charge on any atom is 0.0450 e. The van der Waals surface area contributed by atoms with Crippen LogP contribution in [0.15, 0.2) is 42.5 Å². The highest BCUT2D eigenvalue weighted by atomic mass is 15.2. The van der Waals surface area contributed by atoms with Gasteiger partial charge in [0.15, 0.2) is 0 Å². The van der Waals surface area contributed by atoms with Crippen LogP contribution >= 0.6 is 0 Å². The first-order valence-electron chi connectivity index (χ1n) is 10.4. The molecule has 2 heteroatoms. The molecule has 0 N–H and O–H groups in total. The smallest absolute Gasteiger partial charge is 0.0450 e. The predicted molar refractivity (Wildman–Crippen MR) is 109 cm³/mol. The second kappa shape index (κ2) is 6.42. The van der Waals surface area contributed by atoms with Gasteiger partial charge in [0, 0.05) is 43.0 Å². The monoisotopic (exact) mass is 346 g/mol. The maximum atomic E-state index is 2.76. The predicted octanol–water partition coefficient (Wildman–Crippen LogP) is 5.41. The zero-order chi connectivity index (χ0) is 17.7. The Kier molecular flexibility index (Phi) is 4.04. The Bertz CT molecular complexity index is 790. The summed E-state index contributed by atoms with van der Waals surface area (Å²) in [5.74, 6) is 1.62. The Morgan fingerprint density at radius 2 is 1.69 bits per heavy atom. The normalized spacial score (nSPS) is 25.7. The Morgan fingerprint density at radius 3 is 2.42 bits per heavy atom. The molecule has 0 amide bonds. The lowest BCUT2D eigenvalue weighted by Gasteiger charge is -2.41. The number of aryl methyl sites for hydroxylation is 2. The topological polar surface area (TPSA) is 6.48 Å². The first-order valence-corrected chi connectivity index (χ1v) is 10.4. The maximum absolute atomic E-state index is 2.76. The number of rotatable bonds is 3. The number of hydrogen-bond acceptors (Lipinski definition) is 2. The van der Waals surface area contributed by atoms with E-state index >= 15 is 0 Å². The molecule has 2 aromatic carbocycles. The van der Waals surface area contributed by atoms with Crippen molar-refractivity contribution in [3.63, 3.8) is 0 Å². The van der Waals surface area contributed by atoms with Crippen LogP contribution < -0.4 is 4.90 Å². The minimum atomic E-state index is 0.618. The van der Waals surface area contributed by atoms with E-state index < -0.39 is 0 Å². The van der Waals surface area contributed by atoms with Crippen LogP contribution in [0, 0.1) is 19.8 Å². The quantitative estimate of drug-likeness (QED) is 0.733. The number of nitrogens with zero attached hydrogens (tertiary/aromatic N) is 2. The van der Waals surface area contributed by atoms with E-state index in [0.717, 1.165) is 5.92 Å². The lowest BCUT2D eigenvalue weighted by atomic mass is 9.83. The van der Waals surface area contributed by atoms with Crippen LogP contribution in [0.4, 0.5) is 11.4 Å². The fraction of sp³-hybridized carbons (Fsp3) is 0.500. The Hall–Kier alpha value is -1.80. The molecule has 0 radical (unpaired) electrons. The highest BCUT2D eigenvalue weighted by Gasteiger charge is 2.42. The Morgan fingerprint density at radius 1 is 0.923 bits per heavy atom. The third kappa shape index (κ3) is 2.75. The highest BCUT2D eigenvalue weighted by molar-refractivity contribution is 5.73. The number of benzene rings is 2. The van der Waals surface area contributed by atoms with Gasteiger partial charge in [-0.2, -0.15) is 0 Å². The van der Waals surface area contributed by atoms with E-state index in [4.69, 9.17) is 0 Å². The summed E-state index contributed by atoms with van der Waals surface area (Å²) in [6.07, 6.45) is 5.64. The molecule has 136 valence electrons. The molecule has 0 bridgehead atoms. The molecule has 2 atom stereocenters. The third-order valence-electron chi connectivity index (χ3n) is 6.89. The average Bonchev–Trinajstić information content (AvgIpc) is 2.92. The van der Waals surface area contributed by atoms with E-state index in [0.29, 0.717) is 12.0 Å². The summed E-state index contributed by atoms with van der Waals surface area (Å²) < 4.78 is 0. The molecule has 2 aromatic rings. The second-order valence-electron chi connectivity index (χ2n) is 8.79. The van der Waals surface area contributed by atoms with Crippen molar-refractivity contribution in [1.29, 1.82) is 0 Å². The molecule has 1 saturated carbocycles. The van der Waals surface area contributed by atoms with E-state index in [1.165, 1.54) is 67.8 Å². The Balaban J connectivity index is 1.48. The summed E-state index contributed by atoms with van der Waals surface area (Å²) in [4.78, 5) is 5.40. The van der Waals surface area contributed by atoms with Gasteiger partial charge >= 0.3 is 0 Å². The van der Waals surface area contributed by atoms with Gasteiger partial charge in [0.05, 0.1) is 0 Å². The summed E-state index contributed by atoms with van der Waals surface area (Å²) in [5.41, 5.74) is 7.11. The molecule has 5 rings (SSSR count). The zero-order valence-corrected chi connectivity index (χ0v) is 16.1. The van der Waals surface area contributed by atoms with Gasteiger partial charge < -0.3 is 9.80 Å². The molecule has 2 aliphatic heterocycles. The summed E-state index contributed by atoms with van der Waals surface area (Å²) in [7, 11) is 0. The van der Waals surface area contributed by atoms with Gasteiger partial charge in [-0.1, -0.05) is 41.8 Å². The van der Waals surface area contributed by atoms with Crippen LogP contribution in [0.25, 0.3) is 0 Å². The summed E-state index contributed by atoms with van der Waals surface area (Å²) in [6, 6.07) is 16.8. The summed E-state index contributed by atoms with van der Waals surface area (Å²) in [5, 5.41) is 0. The van der Waals surface area contributed by atoms with E-state index in [1.54, 1.807) is 5.56 Å². The van der Waals surface area contributed by atoms with E-state index in [2.05, 4.69) is 66.1 Å². The van der Waals surface area contributed by atoms with Crippen molar-refractivity contribution in [2.24, 2.45) is 5.92 Å². The Labute approximate surface area is 157 Å². The van der Waals surface area contributed by atoms with Crippen LogP contribution in [0.3, 0.4) is 0 Å². The van der Waals surface area contributed by atoms with Gasteiger partial charge in [0.1, 0.15) is 0 Å². The molecule has 1 saturated heterocycles. The minimum Gasteiger partial charge on any atom is -0.337 e. The molecule has 3 aliphatic rings. The molecule has 0 unspecified atom stereocenters. The van der Waals surface area contributed by atoms with E-state index in [-0.39, 0.29) is 0 Å². The fourth-order valence-corrected chi connectivity index (χ4v) is 5.23. The lowest BCUT2D eigenvalue weighted by molar-refractivity contribution is 0.138. The number of likely N-dealkylation sites (tertiary alicyclic amines) is 1. The van der Waals surface area contributed by atoms with Crippen molar-refractivity contribution in [3.8, 4) is 0 Å². The summed E-state index contributed by atoms with van der Waals surface area (Å²) in [6.45, 7) is 8.23. The van der Waals surface area contributed by atoms with Gasteiger partial charge in [0.25, 0.3) is 0 Å². The van der Waals surface area contributed by atoms with Gasteiger partial charge in [0.2, 0.25) is 0 Å². The average molecular weight is 347 g/mol. The molecular weight excluding hydrogens is 316 g/mol. The van der Waals surface area contributed by atoms with E-state index in [1.807, 2.05) is 0 Å². The lowest BCUT2D eigenvalue weighted by Crippen LogP contribution is -2.46. The molecule has 26 heavy (non-hydrogen) atoms. The van der Waals surface area contributed by atoms with Crippen LogP contribution in [-0.2, 0) is 0 Å². The first-order chi connectivity index (χ1) is 12.7. The van der Waals surface area contributed by atoms with Crippen molar-refractivity contribution in [2.45, 2.75) is 51.5 Å². The highest BCUT2D eigenvalue weighted by Crippen LogP contribution is 2.48. The van der Waals surface area contributed by atoms with Gasteiger partial charge in [-0.3, -0.25) is 0 Å². The first kappa shape index (κ1) is 16.4. The van der Waals surface area contributed by atoms with Gasteiger partial charge in [-0.25, -0.2) is 0 Å². The molecule has 1 aliphatic carbocycles. The van der Waals surface area contributed by atoms with Crippen LogP contribution in [0.2, 0.25) is 0 Å². The standard InChI is InChI=1S/C24H30N2/c1-17-6-9-20(10-7-17)26-23-11-8-18(2)14-21(23)22-16-25(13-12-24(22)26)15-19-4-3-5-19/h6-11,14,19,22,24H,3-5,12-13,15-16H2,1-2H3/t22-,24+/m0/s1. The zero-order valence-electron chi connectivity index (χ0n) is 16.1. The second-order valence-corrected chi connectivity index (χ2v) is 8.79. The van der Waals surface area contributed by atoms with Crippen molar-refractivity contribution in [3.05, 3.63) is 59.2 Å². The number of piperidine rings is 1. The molecule has 2 nitrogen and oxygen atoms in total. The fourth-order valence-electron chi connectivity index (χ4n) is 5.23. The SMILES string of the molecule is Cc1ccc(N2c3ccc(C)cc3[C@@H]3CN(CC4CCC4)CC[C@H]32)cc1. The van der Waals surface area contributed by atoms with Crippen molar-refractivity contribution in [1.82, 2.24) is 4.90 Å². The summed E-state index contributed by atoms with van der Waals surface area (Å²) >= 11 is 0. The number of hydrogen-bond donors (Lipinski definition) is 0. The van der Waals surface area contributed by atoms with Crippen LogP contribution in [-0.4, -0.2) is 30.6 Å². The minimum absolute atomic E-state index is 0.618. The molecule has 0 aromatic heterocycles. The molecule has 2 heterocycles. The van der Waals surface area contributed by atoms with Crippen molar-refractivity contribution >= 4 is 11.4 Å². The number of fused-ring (bicyclic) bond motifs is 3. The largest absolute Gasteiger partial charge is 0.337 e. The van der Waals surface area contributed by atoms with Crippen molar-refractivity contribution in [2.75, 3.05) is 24.5 Å². The third-order valence-corrected chi connectivity index (χ3v) is 6.89. The van der Waals surface area contributed by atoms with Gasteiger partial charge in [-0.15, -0.1) is 0 Å². The molecule has 2 fully saturated rings. The van der Waals surface area contributed by atoms with Crippen molar-refractivity contribution < 1.29 is 0 Å². The molecular formula is C24H30N2.